The predicted octanol–water partition coefficient (Wildman–Crippen LogP) is 5.13. The van der Waals surface area contributed by atoms with Gasteiger partial charge in [0.15, 0.2) is 0 Å². The van der Waals surface area contributed by atoms with Crippen LogP contribution in [-0.4, -0.2) is 33.9 Å². The van der Waals surface area contributed by atoms with Crippen LogP contribution in [0.1, 0.15) is 44.6 Å². The zero-order valence-electron chi connectivity index (χ0n) is 19.9. The van der Waals surface area contributed by atoms with Gasteiger partial charge in [0, 0.05) is 35.5 Å². The second-order valence-electron chi connectivity index (χ2n) is 9.30. The molecular weight excluding hydrogens is 458 g/mol. The average Bonchev–Trinajstić information content (AvgIpc) is 3.52. The van der Waals surface area contributed by atoms with E-state index in [1.54, 1.807) is 47.4 Å². The van der Waals surface area contributed by atoms with E-state index in [9.17, 15) is 19.5 Å². The van der Waals surface area contributed by atoms with E-state index in [4.69, 9.17) is 4.52 Å². The van der Waals surface area contributed by atoms with Gasteiger partial charge in [0.25, 0.3) is 11.7 Å². The standard InChI is InChI=1S/C28H27N3O5/c1-17(32)29-21-11-7-20(8-12-21)26(33)24-25(19-5-3-2-4-6-19)31(28(35)27(24)34)22-13-9-18(10-14-22)23-15-16-36-30-23/h7-16,19,25,33H,2-6H2,1H3,(H,29,32)/b26-24-. The van der Waals surface area contributed by atoms with Gasteiger partial charge in [-0.3, -0.25) is 19.3 Å². The highest BCUT2D eigenvalue weighted by Gasteiger charge is 2.49. The second-order valence-corrected chi connectivity index (χ2v) is 9.30. The van der Waals surface area contributed by atoms with Crippen molar-refractivity contribution in [3.05, 3.63) is 72.0 Å². The fourth-order valence-corrected chi connectivity index (χ4v) is 5.26. The highest BCUT2D eigenvalue weighted by atomic mass is 16.5. The Morgan fingerprint density at radius 1 is 1.00 bits per heavy atom. The van der Waals surface area contributed by atoms with Gasteiger partial charge in [-0.05, 0) is 55.2 Å². The maximum atomic E-state index is 13.4. The minimum absolute atomic E-state index is 0.0557. The van der Waals surface area contributed by atoms with E-state index in [-0.39, 0.29) is 23.2 Å². The van der Waals surface area contributed by atoms with Gasteiger partial charge in [-0.15, -0.1) is 0 Å². The van der Waals surface area contributed by atoms with E-state index in [1.165, 1.54) is 13.2 Å². The van der Waals surface area contributed by atoms with Gasteiger partial charge < -0.3 is 14.9 Å². The zero-order chi connectivity index (χ0) is 25.2. The van der Waals surface area contributed by atoms with E-state index in [0.717, 1.165) is 37.7 Å². The molecule has 3 aromatic rings. The number of aliphatic hydroxyl groups excluding tert-OH is 1. The molecule has 2 heterocycles. The first-order valence-corrected chi connectivity index (χ1v) is 12.1. The number of nitrogens with zero attached hydrogens (tertiary/aromatic N) is 2. The van der Waals surface area contributed by atoms with E-state index >= 15 is 0 Å². The molecule has 36 heavy (non-hydrogen) atoms. The van der Waals surface area contributed by atoms with E-state index in [1.807, 2.05) is 12.1 Å². The molecule has 2 fully saturated rings. The third kappa shape index (κ3) is 4.42. The largest absolute Gasteiger partial charge is 0.507 e. The molecule has 1 saturated carbocycles. The lowest BCUT2D eigenvalue weighted by Gasteiger charge is -2.34. The molecule has 184 valence electrons. The summed E-state index contributed by atoms with van der Waals surface area (Å²) in [7, 11) is 0. The smallest absolute Gasteiger partial charge is 0.299 e. The third-order valence-corrected chi connectivity index (χ3v) is 6.94. The molecule has 1 saturated heterocycles. The van der Waals surface area contributed by atoms with Gasteiger partial charge in [0.05, 0.1) is 11.6 Å². The molecule has 2 aliphatic rings. The molecule has 1 unspecified atom stereocenters. The quantitative estimate of drug-likeness (QED) is 0.294. The number of hydrogen-bond acceptors (Lipinski definition) is 6. The lowest BCUT2D eigenvalue weighted by molar-refractivity contribution is -0.132. The van der Waals surface area contributed by atoms with Crippen molar-refractivity contribution in [2.75, 3.05) is 10.2 Å². The molecule has 1 aliphatic heterocycles. The minimum atomic E-state index is -0.686. The van der Waals surface area contributed by atoms with Crippen molar-refractivity contribution in [2.45, 2.75) is 45.1 Å². The maximum Gasteiger partial charge on any atom is 0.299 e. The van der Waals surface area contributed by atoms with Crippen molar-refractivity contribution in [1.82, 2.24) is 5.16 Å². The van der Waals surface area contributed by atoms with Crippen LogP contribution < -0.4 is 10.2 Å². The number of carbonyl (C=O) groups is 3. The van der Waals surface area contributed by atoms with Crippen LogP contribution in [0.15, 0.2) is 71.0 Å². The minimum Gasteiger partial charge on any atom is -0.507 e. The SMILES string of the molecule is CC(=O)Nc1ccc(/C(O)=C2/C(=O)C(=O)N(c3ccc(-c4ccon4)cc3)C2C2CCCCC2)cc1. The van der Waals surface area contributed by atoms with Gasteiger partial charge in [0.1, 0.15) is 17.7 Å². The molecule has 2 amide bonds. The summed E-state index contributed by atoms with van der Waals surface area (Å²) in [6, 6.07) is 15.1. The van der Waals surface area contributed by atoms with Crippen LogP contribution in [0.25, 0.3) is 17.0 Å². The Hall–Kier alpha value is -4.20. The number of ketones is 1. The third-order valence-electron chi connectivity index (χ3n) is 6.94. The predicted molar refractivity (Wildman–Crippen MR) is 135 cm³/mol. The van der Waals surface area contributed by atoms with Crippen molar-refractivity contribution in [3.8, 4) is 11.3 Å². The van der Waals surface area contributed by atoms with Crippen molar-refractivity contribution in [3.63, 3.8) is 0 Å². The highest BCUT2D eigenvalue weighted by Crippen LogP contribution is 2.41. The number of nitrogens with one attached hydrogen (secondary N) is 1. The van der Waals surface area contributed by atoms with E-state index in [2.05, 4.69) is 10.5 Å². The summed E-state index contributed by atoms with van der Waals surface area (Å²) < 4.78 is 4.92. The summed E-state index contributed by atoms with van der Waals surface area (Å²) in [6.45, 7) is 1.41. The summed E-state index contributed by atoms with van der Waals surface area (Å²) in [4.78, 5) is 39.6. The molecule has 8 heteroatoms. The number of anilines is 2. The number of amides is 2. The van der Waals surface area contributed by atoms with Gasteiger partial charge >= 0.3 is 0 Å². The van der Waals surface area contributed by atoms with Crippen LogP contribution in [0.5, 0.6) is 0 Å². The Morgan fingerprint density at radius 3 is 2.31 bits per heavy atom. The van der Waals surface area contributed by atoms with Crippen molar-refractivity contribution in [1.29, 1.82) is 0 Å². The van der Waals surface area contributed by atoms with Crippen LogP contribution >= 0.6 is 0 Å². The molecule has 1 atom stereocenters. The number of aromatic nitrogens is 1. The fraction of sp³-hybridized carbons (Fsp3) is 0.286. The molecule has 0 bridgehead atoms. The number of Topliss-reactive ketones (excluding diaryl/α,β-unsaturated/α-hetero) is 1. The molecular formula is C28H27N3O5. The normalized spacial score (nSPS) is 20.0. The Morgan fingerprint density at radius 2 is 1.69 bits per heavy atom. The van der Waals surface area contributed by atoms with E-state index in [0.29, 0.717) is 22.6 Å². The Balaban J connectivity index is 1.55. The molecule has 2 aromatic carbocycles. The lowest BCUT2D eigenvalue weighted by Crippen LogP contribution is -2.40. The summed E-state index contributed by atoms with van der Waals surface area (Å²) in [5, 5.41) is 17.9. The number of benzene rings is 2. The van der Waals surface area contributed by atoms with Gasteiger partial charge in [-0.2, -0.15) is 0 Å². The summed E-state index contributed by atoms with van der Waals surface area (Å²) in [6.07, 6.45) is 6.39. The topological polar surface area (TPSA) is 113 Å². The fourth-order valence-electron chi connectivity index (χ4n) is 5.26. The summed E-state index contributed by atoms with van der Waals surface area (Å²) in [5.74, 6) is -1.67. The van der Waals surface area contributed by atoms with Crippen LogP contribution in [0.2, 0.25) is 0 Å². The Bertz CT molecular complexity index is 1300. The molecule has 0 radical (unpaired) electrons. The second kappa shape index (κ2) is 9.81. The summed E-state index contributed by atoms with van der Waals surface area (Å²) >= 11 is 0. The molecule has 1 aliphatic carbocycles. The van der Waals surface area contributed by atoms with Crippen molar-refractivity contribution < 1.29 is 24.0 Å². The lowest BCUT2D eigenvalue weighted by atomic mass is 9.80. The van der Waals surface area contributed by atoms with E-state index < -0.39 is 17.7 Å². The molecule has 0 spiro atoms. The molecule has 1 aromatic heterocycles. The van der Waals surface area contributed by atoms with Crippen LogP contribution in [0.3, 0.4) is 0 Å². The van der Waals surface area contributed by atoms with Crippen molar-refractivity contribution >= 4 is 34.7 Å². The molecule has 2 N–H and O–H groups in total. The Labute approximate surface area is 208 Å². The first-order valence-electron chi connectivity index (χ1n) is 12.1. The zero-order valence-corrected chi connectivity index (χ0v) is 19.9. The van der Waals surface area contributed by atoms with Crippen LogP contribution in [-0.2, 0) is 14.4 Å². The first kappa shape index (κ1) is 23.5. The number of rotatable bonds is 5. The molecule has 5 rings (SSSR count). The number of carbonyl (C=O) groups excluding carboxylic acids is 3. The monoisotopic (exact) mass is 485 g/mol. The molecule has 8 nitrogen and oxygen atoms in total. The number of hydrogen-bond donors (Lipinski definition) is 2. The van der Waals surface area contributed by atoms with Crippen molar-refractivity contribution in [2.24, 2.45) is 5.92 Å². The summed E-state index contributed by atoms with van der Waals surface area (Å²) in [5.41, 5.74) is 3.24. The maximum absolute atomic E-state index is 13.4. The van der Waals surface area contributed by atoms with Gasteiger partial charge in [0.2, 0.25) is 5.91 Å². The Kier molecular flexibility index (Phi) is 6.41. The average molecular weight is 486 g/mol. The van der Waals surface area contributed by atoms with Crippen LogP contribution in [0, 0.1) is 5.92 Å². The van der Waals surface area contributed by atoms with Gasteiger partial charge in [-0.1, -0.05) is 36.6 Å². The number of aliphatic hydroxyl groups is 1. The van der Waals surface area contributed by atoms with Crippen LogP contribution in [0.4, 0.5) is 11.4 Å². The highest BCUT2D eigenvalue weighted by molar-refractivity contribution is 6.51. The van der Waals surface area contributed by atoms with Gasteiger partial charge in [-0.25, -0.2) is 0 Å². The first-order chi connectivity index (χ1) is 17.4.